The van der Waals surface area contributed by atoms with E-state index in [1.165, 1.54) is 51.4 Å². The van der Waals surface area contributed by atoms with Crippen molar-refractivity contribution in [2.45, 2.75) is 182 Å². The number of fused-ring (bicyclic) bond motifs is 3. The molecule has 3 aromatic carbocycles. The number of aliphatic hydroxyl groups excluding tert-OH is 1. The average Bonchev–Trinajstić information content (AvgIpc) is 1.90. The molecule has 3 saturated heterocycles. The fraction of sp³-hybridized carbons (Fsp3) is 0.484. The zero-order chi connectivity index (χ0) is 107. The molecule has 0 spiro atoms. The Morgan fingerprint density at radius 1 is 0.463 bits per heavy atom. The second kappa shape index (κ2) is 54.7. The normalized spacial score (nSPS) is 20.9. The Balaban J connectivity index is 0.950. The van der Waals surface area contributed by atoms with Crippen LogP contribution in [0, 0.1) is 5.92 Å². The fourth-order valence-corrected chi connectivity index (χ4v) is 19.4. The number of rotatable bonds is 41. The molecule has 3 aliphatic rings. The van der Waals surface area contributed by atoms with Gasteiger partial charge in [0.15, 0.2) is 0 Å². The first kappa shape index (κ1) is 114. The number of benzene rings is 3. The van der Waals surface area contributed by atoms with E-state index in [-0.39, 0.29) is 96.7 Å². The Labute approximate surface area is 846 Å². The van der Waals surface area contributed by atoms with Crippen LogP contribution in [-0.2, 0) is 126 Å². The number of para-hydroxylation sites is 3. The number of aromatic amines is 4. The molecule has 0 radical (unpaired) electrons. The molecule has 52 nitrogen and oxygen atoms in total. The summed E-state index contributed by atoms with van der Waals surface area (Å²) in [7, 11) is 1.28. The van der Waals surface area contributed by atoms with Gasteiger partial charge >= 0.3 is 35.8 Å². The number of nitrogens with two attached hydrogens (primary N) is 2. The van der Waals surface area contributed by atoms with Crippen LogP contribution in [0.25, 0.3) is 32.7 Å². The third kappa shape index (κ3) is 34.3. The Morgan fingerprint density at radius 3 is 1.38 bits per heavy atom. The Morgan fingerprint density at radius 2 is 0.905 bits per heavy atom. The molecule has 27 N–H and O–H groups in total. The van der Waals surface area contributed by atoms with Crippen molar-refractivity contribution < 1.29 is 136 Å². The predicted octanol–water partition coefficient (Wildman–Crippen LogP) is -5.59. The number of carboxylic acids is 6. The maximum atomic E-state index is 15.5. The quantitative estimate of drug-likeness (QED) is 0.0159. The third-order valence-corrected chi connectivity index (χ3v) is 27.5. The van der Waals surface area contributed by atoms with Gasteiger partial charge in [0.1, 0.15) is 78.5 Å². The summed E-state index contributed by atoms with van der Waals surface area (Å²) in [5.41, 5.74) is 14.4. The van der Waals surface area contributed by atoms with Gasteiger partial charge in [-0.1, -0.05) is 96.5 Å². The number of hydrogen-bond acceptors (Lipinski definition) is 29. The minimum Gasteiger partial charge on any atom is -0.481 e. The summed E-state index contributed by atoms with van der Waals surface area (Å²) in [5, 5.41) is 103. The van der Waals surface area contributed by atoms with Crippen molar-refractivity contribution in [1.29, 1.82) is 0 Å². The molecule has 15 atom stereocenters. The number of likely N-dealkylation sites (tertiary alicyclic amines) is 1. The van der Waals surface area contributed by atoms with E-state index in [4.69, 9.17) is 11.5 Å². The molecule has 4 aromatic heterocycles. The summed E-state index contributed by atoms with van der Waals surface area (Å²) >= 11 is 0. The number of H-pyrrole nitrogens is 4. The topological polar surface area (TPSA) is 789 Å². The SMILES string of the molecule is CC[C@H](C)[C@H](NC(=O)[C@@H](NC(=O)[C@H](Cc1c[nH]c2ccccc12)NC(=O)CC[C@@H](NC(=O)CN1CCN(CC(=O)O)CCN(CC(=O)O)CCN(CC(=O)O)CC1)C(=O)O)[C@@H](C)O)C(=O)N[C@H]1CSSC[C@@H](C(=O)N[C@@H](Cc2c[nH]c3ccccc23)C(=O)N2CCC[C@H]2C(=O)O)NC(=O)[C@H](CC(=O)O)NC(=O)[C@H](Cc2c[nH]cn2)NC(=O)[C@H](Cc2c[nH]c3ccccc23)NC(=O)[C@H](CC(N)=O)NC(=O)[C@H](CC(N)=O)NC1=O. The van der Waals surface area contributed by atoms with E-state index < -0.39 is 298 Å². The molecule has 10 rings (SSSR count). The van der Waals surface area contributed by atoms with Gasteiger partial charge in [0.05, 0.1) is 63.6 Å². The van der Waals surface area contributed by atoms with Crippen LogP contribution in [0.4, 0.5) is 0 Å². The lowest BCUT2D eigenvalue weighted by atomic mass is 9.97. The number of aliphatic hydroxyl groups is 1. The molecule has 54 heteroatoms. The molecule has 7 aromatic rings. The molecule has 147 heavy (non-hydrogen) atoms. The zero-order valence-electron chi connectivity index (χ0n) is 80.4. The van der Waals surface area contributed by atoms with Crippen LogP contribution in [0.5, 0.6) is 0 Å². The van der Waals surface area contributed by atoms with Gasteiger partial charge in [0.25, 0.3) is 0 Å². The van der Waals surface area contributed by atoms with Gasteiger partial charge in [-0.25, -0.2) is 14.6 Å². The van der Waals surface area contributed by atoms with Crippen molar-refractivity contribution in [2.24, 2.45) is 17.4 Å². The van der Waals surface area contributed by atoms with Crippen LogP contribution in [-0.4, -0.2) is 391 Å². The smallest absolute Gasteiger partial charge is 0.326 e. The Bertz CT molecular complexity index is 5910. The summed E-state index contributed by atoms with van der Waals surface area (Å²) in [4.78, 5) is 319. The molecule has 15 amide bonds. The molecule has 794 valence electrons. The van der Waals surface area contributed by atoms with Crippen LogP contribution < -0.4 is 75.3 Å². The number of amides is 15. The van der Waals surface area contributed by atoms with Gasteiger partial charge in [-0.3, -0.25) is 111 Å². The lowest BCUT2D eigenvalue weighted by molar-refractivity contribution is -0.149. The summed E-state index contributed by atoms with van der Waals surface area (Å²) in [6.07, 6.45) is -0.954. The van der Waals surface area contributed by atoms with Crippen LogP contribution in [0.15, 0.2) is 104 Å². The maximum absolute atomic E-state index is 15.5. The van der Waals surface area contributed by atoms with Crippen molar-refractivity contribution in [3.63, 3.8) is 0 Å². The molecule has 3 fully saturated rings. The highest BCUT2D eigenvalue weighted by Gasteiger charge is 2.44. The number of aromatic nitrogens is 5. The Kier molecular flexibility index (Phi) is 42.3. The van der Waals surface area contributed by atoms with Crippen molar-refractivity contribution in [1.82, 2.24) is 113 Å². The molecule has 0 saturated carbocycles. The molecular weight excluding hydrogens is 1970 g/mol. The van der Waals surface area contributed by atoms with Gasteiger partial charge < -0.3 is 136 Å². The highest BCUT2D eigenvalue weighted by atomic mass is 33.1. The molecule has 3 aliphatic heterocycles. The highest BCUT2D eigenvalue weighted by Crippen LogP contribution is 2.29. The van der Waals surface area contributed by atoms with E-state index in [2.05, 4.69) is 88.7 Å². The third-order valence-electron chi connectivity index (χ3n) is 25.0. The summed E-state index contributed by atoms with van der Waals surface area (Å²) < 4.78 is 0. The van der Waals surface area contributed by atoms with Gasteiger partial charge in [-0.15, -0.1) is 0 Å². The average molecular weight is 2090 g/mol. The second-order valence-corrected chi connectivity index (χ2v) is 38.5. The van der Waals surface area contributed by atoms with Crippen LogP contribution in [0.1, 0.15) is 94.5 Å². The second-order valence-electron chi connectivity index (χ2n) is 36.0. The molecular formula is C93H122N24O28S2. The molecule has 0 aliphatic carbocycles. The van der Waals surface area contributed by atoms with Crippen LogP contribution >= 0.6 is 21.6 Å². The fourth-order valence-electron chi connectivity index (χ4n) is 17.1. The minimum atomic E-state index is -2.18. The first-order valence-corrected chi connectivity index (χ1v) is 49.7. The molecule has 0 unspecified atom stereocenters. The van der Waals surface area contributed by atoms with E-state index >= 15 is 38.4 Å². The van der Waals surface area contributed by atoms with Gasteiger partial charge in [-0.05, 0) is 67.0 Å². The Hall–Kier alpha value is -15.1. The summed E-state index contributed by atoms with van der Waals surface area (Å²) in [6.45, 7) is 2.35. The van der Waals surface area contributed by atoms with Crippen LogP contribution in [0.2, 0.25) is 0 Å². The summed E-state index contributed by atoms with van der Waals surface area (Å²) in [6, 6.07) is -4.24. The first-order chi connectivity index (χ1) is 70.0. The number of primary amides is 2. The van der Waals surface area contributed by atoms with Crippen molar-refractivity contribution in [2.75, 3.05) is 96.6 Å². The predicted molar refractivity (Wildman–Crippen MR) is 525 cm³/mol. The van der Waals surface area contributed by atoms with E-state index in [1.807, 2.05) is 0 Å². The monoisotopic (exact) mass is 2090 g/mol. The molecule has 7 heterocycles. The van der Waals surface area contributed by atoms with Gasteiger partial charge in [-0.2, -0.15) is 0 Å². The standard InChI is InChI=1S/C93H122N24O28S2/c1-4-48(2)79(111-90(140)80(49(3)118)112-86(136)61(30-50-37-97-57-15-8-5-12-54(50)57)102-73(121)20-19-60(92(142)143)101-74(122)41-113-22-24-114(42-76(125)126)26-28-116(44-78(129)130)29-27-115(25-23-113)43-77(127)128)89(139)110-69-46-147-146-45-68(88(138)108-67(91(141)117-21-11-18-70(117)93(144)145)32-52-39-99-59-17-10-7-14-56(52)59)109-85(135)66(36-75(123)124)107-82(132)63(33-53-40-96-47-100-53)104-81(131)62(31-51-38-98-58-16-9-6-13-55(51)58)103-83(133)64(34-71(94)119)105-84(134)65(35-72(95)120)106-87(69)137/h5-10,12-17,37-40,47-49,60-70,79-80,97-99,118H,4,11,18-36,41-46H2,1-3H3,(H2,94,119)(H2,95,120)(H,96,100)(H,101,122)(H,102,121)(H,103,133)(H,104,131)(H,105,134)(H,106,137)(H,107,132)(H,108,138)(H,109,135)(H,110,139)(H,111,140)(H,112,136)(H,123,124)(H,125,126)(H,127,128)(H,129,130)(H,142,143)(H,144,145)/t48-,49+,60+,61-,62-,63-,64-,65-,66-,67-,68-,69-,70-,79-,80-/m0/s1. The molecule has 0 bridgehead atoms. The van der Waals surface area contributed by atoms with Crippen molar-refractivity contribution in [3.05, 3.63) is 126 Å². The maximum Gasteiger partial charge on any atom is 0.326 e. The number of carbonyl (C=O) groups excluding carboxylic acids is 15. The van der Waals surface area contributed by atoms with E-state index in [1.54, 1.807) is 85.9 Å². The van der Waals surface area contributed by atoms with Gasteiger partial charge in [0, 0.05) is 160 Å². The number of carbonyl (C=O) groups is 21. The number of hydrogen-bond donors (Lipinski definition) is 25. The first-order valence-electron chi connectivity index (χ1n) is 47.2. The number of carboxylic acid groups (broad SMARTS) is 6. The van der Waals surface area contributed by atoms with E-state index in [0.29, 0.717) is 71.0 Å². The summed E-state index contributed by atoms with van der Waals surface area (Å²) in [5.74, 6) is -28.8. The van der Waals surface area contributed by atoms with Crippen molar-refractivity contribution in [3.8, 4) is 0 Å². The van der Waals surface area contributed by atoms with E-state index in [0.717, 1.165) is 11.8 Å². The number of nitrogens with zero attached hydrogens (tertiary/aromatic N) is 6. The number of aliphatic carboxylic acids is 6. The lowest BCUT2D eigenvalue weighted by Crippen LogP contribution is -2.63. The largest absolute Gasteiger partial charge is 0.481 e. The minimum absolute atomic E-state index is 0.00377. The van der Waals surface area contributed by atoms with Crippen LogP contribution in [0.3, 0.4) is 0 Å². The van der Waals surface area contributed by atoms with E-state index in [9.17, 15) is 98.1 Å². The van der Waals surface area contributed by atoms with Gasteiger partial charge in [0.2, 0.25) is 88.6 Å². The highest BCUT2D eigenvalue weighted by molar-refractivity contribution is 8.76. The number of nitrogens with one attached hydrogen (secondary N) is 16. The lowest BCUT2D eigenvalue weighted by Gasteiger charge is -2.33. The van der Waals surface area contributed by atoms with Crippen molar-refractivity contribution >= 4 is 179 Å². The number of imidazole rings is 1. The zero-order valence-corrected chi connectivity index (χ0v) is 82.1.